The Morgan fingerprint density at radius 1 is 0.727 bits per heavy atom. The summed E-state index contributed by atoms with van der Waals surface area (Å²) in [5, 5.41) is 5.69. The zero-order valence-electron chi connectivity index (χ0n) is 31.0. The summed E-state index contributed by atoms with van der Waals surface area (Å²) < 4.78 is 12.8. The van der Waals surface area contributed by atoms with Gasteiger partial charge in [-0.25, -0.2) is 4.79 Å². The minimum Gasteiger partial charge on any atom is -0.487 e. The van der Waals surface area contributed by atoms with Crippen LogP contribution in [0.4, 0.5) is 4.79 Å². The fraction of sp³-hybridized carbons (Fsp3) is 0.359. The Bertz CT molecular complexity index is 1970. The quantitative estimate of drug-likeness (QED) is 0.199. The fourth-order valence-electron chi connectivity index (χ4n) is 5.75. The van der Waals surface area contributed by atoms with Gasteiger partial charge < -0.3 is 25.0 Å². The van der Waals surface area contributed by atoms with Crippen LogP contribution < -0.4 is 15.4 Å². The molecule has 5 rings (SSSR count). The second kappa shape index (κ2) is 18.9. The van der Waals surface area contributed by atoms with E-state index >= 15 is 0 Å². The van der Waals surface area contributed by atoms with Gasteiger partial charge in [-0.3, -0.25) is 29.0 Å². The Kier molecular flexibility index (Phi) is 14.3. The maximum atomic E-state index is 13.7. The monoisotopic (exact) mass is 821 g/mol. The van der Waals surface area contributed by atoms with Crippen molar-refractivity contribution in [1.82, 2.24) is 25.3 Å². The average molecular weight is 822 g/mol. The lowest BCUT2D eigenvalue weighted by molar-refractivity contribution is 0.0251. The Morgan fingerprint density at radius 3 is 1.78 bits per heavy atom. The van der Waals surface area contributed by atoms with Gasteiger partial charge in [0.1, 0.15) is 26.6 Å². The highest BCUT2D eigenvalue weighted by atomic mass is 32.2. The van der Waals surface area contributed by atoms with Gasteiger partial charge in [-0.05, 0) is 63.1 Å². The van der Waals surface area contributed by atoms with Crippen LogP contribution >= 0.6 is 48.0 Å². The maximum absolute atomic E-state index is 13.7. The van der Waals surface area contributed by atoms with E-state index < -0.39 is 23.5 Å². The zero-order valence-corrected chi connectivity index (χ0v) is 34.3. The number of carbonyl (C=O) groups excluding carboxylic acids is 5. The van der Waals surface area contributed by atoms with E-state index in [-0.39, 0.29) is 61.5 Å². The van der Waals surface area contributed by atoms with Crippen LogP contribution in [-0.4, -0.2) is 109 Å². The molecule has 3 aromatic carbocycles. The van der Waals surface area contributed by atoms with E-state index in [4.69, 9.17) is 33.9 Å². The van der Waals surface area contributed by atoms with Crippen LogP contribution in [0, 0.1) is 6.92 Å². The molecule has 0 radical (unpaired) electrons. The number of benzene rings is 3. The van der Waals surface area contributed by atoms with Gasteiger partial charge in [0.15, 0.2) is 0 Å². The third kappa shape index (κ3) is 10.8. The highest BCUT2D eigenvalue weighted by Crippen LogP contribution is 2.30. The summed E-state index contributed by atoms with van der Waals surface area (Å²) in [5.74, 6) is 0.0271. The topological polar surface area (TPSA) is 138 Å². The molecule has 0 aliphatic carbocycles. The summed E-state index contributed by atoms with van der Waals surface area (Å²) in [4.78, 5) is 71.6. The number of thioether (sulfide) groups is 2. The molecule has 16 heteroatoms. The molecule has 290 valence electrons. The molecule has 2 aliphatic heterocycles. The van der Waals surface area contributed by atoms with Crippen molar-refractivity contribution in [3.8, 4) is 5.75 Å². The van der Waals surface area contributed by atoms with Crippen molar-refractivity contribution in [3.63, 3.8) is 0 Å². The first kappa shape index (κ1) is 41.6. The number of rotatable bonds is 13. The second-order valence-corrected chi connectivity index (χ2v) is 17.0. The van der Waals surface area contributed by atoms with Gasteiger partial charge in [0.05, 0.1) is 11.1 Å². The number of hydrogen-bond donors (Lipinski definition) is 2. The molecular formula is C39H43N5O7S4. The average Bonchev–Trinajstić information content (AvgIpc) is 3.79. The summed E-state index contributed by atoms with van der Waals surface area (Å²) in [6.07, 6.45) is -0.627. The molecular weight excluding hydrogens is 779 g/mol. The molecule has 3 aromatic rings. The predicted octanol–water partition coefficient (Wildman–Crippen LogP) is 5.92. The van der Waals surface area contributed by atoms with Crippen molar-refractivity contribution in [2.24, 2.45) is 0 Å². The normalized spacial score (nSPS) is 14.1. The third-order valence-corrected chi connectivity index (χ3v) is 11.4. The zero-order chi connectivity index (χ0) is 39.7. The highest BCUT2D eigenvalue weighted by molar-refractivity contribution is 8.23. The van der Waals surface area contributed by atoms with E-state index in [1.807, 2.05) is 30.3 Å². The SMILES string of the molecule is Cc1c(C(=O)NCCN(CCNC(=O)c2cccc(C(=O)N3CCSC3=S)c2OCc2ccccc2)C(=O)OC(C)(C)C)cccc1C(=O)N1CCSC1=S. The molecule has 0 atom stereocenters. The number of hydrogen-bond acceptors (Lipinski definition) is 11. The van der Waals surface area contributed by atoms with Crippen LogP contribution in [0.3, 0.4) is 0 Å². The first-order valence-electron chi connectivity index (χ1n) is 17.7. The maximum Gasteiger partial charge on any atom is 0.410 e. The van der Waals surface area contributed by atoms with Gasteiger partial charge in [0, 0.05) is 61.9 Å². The highest BCUT2D eigenvalue weighted by Gasteiger charge is 2.31. The number of para-hydroxylation sites is 1. The summed E-state index contributed by atoms with van der Waals surface area (Å²) in [6, 6.07) is 19.2. The molecule has 0 saturated carbocycles. The van der Waals surface area contributed by atoms with Crippen LogP contribution in [-0.2, 0) is 11.3 Å². The number of thiocarbonyl (C=S) groups is 2. The van der Waals surface area contributed by atoms with Crippen LogP contribution in [0.1, 0.15) is 73.3 Å². The summed E-state index contributed by atoms with van der Waals surface area (Å²) in [7, 11) is 0. The Labute approximate surface area is 340 Å². The van der Waals surface area contributed by atoms with Gasteiger partial charge in [0.2, 0.25) is 0 Å². The molecule has 2 heterocycles. The number of amides is 5. The van der Waals surface area contributed by atoms with Crippen molar-refractivity contribution in [2.45, 2.75) is 39.9 Å². The fourth-order valence-corrected chi connectivity index (χ4v) is 8.15. The molecule has 5 amide bonds. The lowest BCUT2D eigenvalue weighted by Gasteiger charge is -2.27. The van der Waals surface area contributed by atoms with Crippen LogP contribution in [0.15, 0.2) is 66.7 Å². The molecule has 0 unspecified atom stereocenters. The first-order valence-corrected chi connectivity index (χ1v) is 20.4. The van der Waals surface area contributed by atoms with Gasteiger partial charge in [-0.15, -0.1) is 0 Å². The third-order valence-electron chi connectivity index (χ3n) is 8.52. The van der Waals surface area contributed by atoms with Gasteiger partial charge in [-0.2, -0.15) is 0 Å². The molecule has 2 N–H and O–H groups in total. The lowest BCUT2D eigenvalue weighted by Crippen LogP contribution is -2.45. The first-order chi connectivity index (χ1) is 26.2. The summed E-state index contributed by atoms with van der Waals surface area (Å²) in [6.45, 7) is 8.24. The van der Waals surface area contributed by atoms with Gasteiger partial charge in [0.25, 0.3) is 23.6 Å². The standard InChI is InChI=1S/C39H43N5O7S4/c1-25-27(12-8-13-28(25)34(47)43-20-22-54-37(43)52)32(45)40-16-18-42(36(49)51-39(2,3)4)19-17-41-33(46)29-14-9-15-30(35(48)44-21-23-55-38(44)53)31(29)50-24-26-10-6-5-7-11-26/h5-15H,16-24H2,1-4H3,(H,40,45)(H,41,46). The molecule has 0 spiro atoms. The van der Waals surface area contributed by atoms with Crippen LogP contribution in [0.25, 0.3) is 0 Å². The van der Waals surface area contributed by atoms with Crippen molar-refractivity contribution in [1.29, 1.82) is 0 Å². The van der Waals surface area contributed by atoms with E-state index in [9.17, 15) is 24.0 Å². The van der Waals surface area contributed by atoms with Crippen molar-refractivity contribution < 1.29 is 33.4 Å². The van der Waals surface area contributed by atoms with E-state index in [2.05, 4.69) is 10.6 Å². The molecule has 2 aliphatic rings. The van der Waals surface area contributed by atoms with Crippen LogP contribution in [0.5, 0.6) is 5.75 Å². The van der Waals surface area contributed by atoms with E-state index in [1.54, 1.807) is 69.0 Å². The molecule has 0 aromatic heterocycles. The number of nitrogens with zero attached hydrogens (tertiary/aromatic N) is 3. The summed E-state index contributed by atoms with van der Waals surface area (Å²) in [5.41, 5.74) is 1.67. The second-order valence-electron chi connectivity index (χ2n) is 13.6. The minimum atomic E-state index is -0.795. The number of nitrogens with one attached hydrogen (secondary N) is 2. The predicted molar refractivity (Wildman–Crippen MR) is 223 cm³/mol. The molecule has 2 fully saturated rings. The van der Waals surface area contributed by atoms with E-state index in [0.717, 1.165) is 11.3 Å². The van der Waals surface area contributed by atoms with Crippen molar-refractivity contribution >= 4 is 86.3 Å². The lowest BCUT2D eigenvalue weighted by atomic mass is 10.0. The molecule has 2 saturated heterocycles. The molecule has 0 bridgehead atoms. The van der Waals surface area contributed by atoms with Gasteiger partial charge >= 0.3 is 6.09 Å². The Hall–Kier alpha value is -4.51. The number of ether oxygens (including phenoxy) is 2. The molecule has 12 nitrogen and oxygen atoms in total. The van der Waals surface area contributed by atoms with Crippen molar-refractivity contribution in [2.75, 3.05) is 50.8 Å². The van der Waals surface area contributed by atoms with Crippen LogP contribution in [0.2, 0.25) is 0 Å². The largest absolute Gasteiger partial charge is 0.487 e. The minimum absolute atomic E-state index is 0.0229. The Balaban J connectivity index is 1.26. The number of carbonyl (C=O) groups is 5. The summed E-state index contributed by atoms with van der Waals surface area (Å²) >= 11 is 13.6. The smallest absolute Gasteiger partial charge is 0.410 e. The van der Waals surface area contributed by atoms with E-state index in [0.29, 0.717) is 44.2 Å². The molecule has 55 heavy (non-hydrogen) atoms. The van der Waals surface area contributed by atoms with Gasteiger partial charge in [-0.1, -0.05) is 90.4 Å². The van der Waals surface area contributed by atoms with Crippen molar-refractivity contribution in [3.05, 3.63) is 100 Å². The van der Waals surface area contributed by atoms with E-state index in [1.165, 1.54) is 33.3 Å². The Morgan fingerprint density at radius 2 is 1.24 bits per heavy atom.